The molecule has 1 rings (SSSR count). The Morgan fingerprint density at radius 3 is 2.79 bits per heavy atom. The number of carbonyl (C=O) groups is 1. The van der Waals surface area contributed by atoms with Crippen molar-refractivity contribution in [3.05, 3.63) is 18.0 Å². The van der Waals surface area contributed by atoms with Crippen molar-refractivity contribution in [2.24, 2.45) is 5.73 Å². The fraction of sp³-hybridized carbons (Fsp3) is 0.692. The Morgan fingerprint density at radius 2 is 2.26 bits per heavy atom. The van der Waals surface area contributed by atoms with Crippen LogP contribution in [0.2, 0.25) is 0 Å². The number of carboxylic acids is 1. The van der Waals surface area contributed by atoms with E-state index in [-0.39, 0.29) is 0 Å². The third kappa shape index (κ3) is 4.24. The summed E-state index contributed by atoms with van der Waals surface area (Å²) in [6.45, 7) is 7.94. The predicted octanol–water partition coefficient (Wildman–Crippen LogP) is 2.28. The molecule has 5 nitrogen and oxygen atoms in total. The van der Waals surface area contributed by atoms with Gasteiger partial charge in [0.25, 0.3) is 0 Å². The molecular formula is C13H23N3O2S. The molecule has 19 heavy (non-hydrogen) atoms. The number of aliphatic carboxylic acids is 1. The quantitative estimate of drug-likeness (QED) is 0.803. The lowest BCUT2D eigenvalue weighted by molar-refractivity contribution is -0.139. The van der Waals surface area contributed by atoms with Crippen LogP contribution in [-0.2, 0) is 10.5 Å². The van der Waals surface area contributed by atoms with Crippen LogP contribution in [0.1, 0.15) is 45.9 Å². The summed E-state index contributed by atoms with van der Waals surface area (Å²) < 4.78 is 1.42. The van der Waals surface area contributed by atoms with Crippen molar-refractivity contribution in [3.63, 3.8) is 0 Å². The Morgan fingerprint density at radius 1 is 1.63 bits per heavy atom. The minimum absolute atomic E-state index is 0.382. The van der Waals surface area contributed by atoms with Gasteiger partial charge in [-0.15, -0.1) is 11.8 Å². The first-order valence-corrected chi connectivity index (χ1v) is 7.43. The molecule has 0 aromatic carbocycles. The number of carboxylic acid groups (broad SMARTS) is 1. The zero-order chi connectivity index (χ0) is 14.6. The summed E-state index contributed by atoms with van der Waals surface area (Å²) in [4.78, 5) is 10.9. The summed E-state index contributed by atoms with van der Waals surface area (Å²) in [7, 11) is 0. The van der Waals surface area contributed by atoms with Crippen LogP contribution < -0.4 is 5.73 Å². The Balaban J connectivity index is 2.61. The Hall–Kier alpha value is -1.01. The summed E-state index contributed by atoms with van der Waals surface area (Å²) in [5.41, 5.74) is 6.64. The van der Waals surface area contributed by atoms with Gasteiger partial charge in [-0.3, -0.25) is 9.48 Å². The minimum Gasteiger partial charge on any atom is -0.480 e. The maximum Gasteiger partial charge on any atom is 0.321 e. The van der Waals surface area contributed by atoms with E-state index in [1.807, 2.05) is 30.8 Å². The van der Waals surface area contributed by atoms with Crippen LogP contribution in [0.3, 0.4) is 0 Å². The predicted molar refractivity (Wildman–Crippen MR) is 78.2 cm³/mol. The average Bonchev–Trinajstić information content (AvgIpc) is 2.83. The van der Waals surface area contributed by atoms with Gasteiger partial charge in [-0.05, 0) is 33.3 Å². The molecule has 6 heteroatoms. The van der Waals surface area contributed by atoms with Crippen molar-refractivity contribution < 1.29 is 9.90 Å². The van der Waals surface area contributed by atoms with Crippen LogP contribution in [0.25, 0.3) is 0 Å². The Kier molecular flexibility index (Phi) is 5.43. The highest BCUT2D eigenvalue weighted by atomic mass is 32.2. The highest BCUT2D eigenvalue weighted by Gasteiger charge is 2.32. The topological polar surface area (TPSA) is 81.1 Å². The van der Waals surface area contributed by atoms with Gasteiger partial charge in [0.15, 0.2) is 0 Å². The summed E-state index contributed by atoms with van der Waals surface area (Å²) in [6, 6.07) is 1.48. The smallest absolute Gasteiger partial charge is 0.321 e. The van der Waals surface area contributed by atoms with E-state index in [2.05, 4.69) is 18.9 Å². The second-order valence-corrected chi connectivity index (χ2v) is 6.88. The van der Waals surface area contributed by atoms with E-state index in [9.17, 15) is 4.79 Å². The molecule has 0 aliphatic rings. The van der Waals surface area contributed by atoms with Gasteiger partial charge in [-0.25, -0.2) is 0 Å². The van der Waals surface area contributed by atoms with Gasteiger partial charge >= 0.3 is 5.97 Å². The van der Waals surface area contributed by atoms with Crippen LogP contribution in [0, 0.1) is 0 Å². The number of nitrogens with two attached hydrogens (primary N) is 1. The highest BCUT2D eigenvalue weighted by molar-refractivity contribution is 7.99. The van der Waals surface area contributed by atoms with Gasteiger partial charge < -0.3 is 10.8 Å². The van der Waals surface area contributed by atoms with Crippen molar-refractivity contribution in [1.82, 2.24) is 9.78 Å². The van der Waals surface area contributed by atoms with Gasteiger partial charge in [0.05, 0.1) is 5.69 Å². The van der Waals surface area contributed by atoms with Crippen molar-refractivity contribution in [2.45, 2.75) is 56.7 Å². The first kappa shape index (κ1) is 16.0. The van der Waals surface area contributed by atoms with Crippen LogP contribution in [0.4, 0.5) is 0 Å². The fourth-order valence-corrected chi connectivity index (χ4v) is 2.49. The van der Waals surface area contributed by atoms with Crippen molar-refractivity contribution in [3.8, 4) is 0 Å². The minimum atomic E-state index is -0.970. The molecule has 0 bridgehead atoms. The third-order valence-corrected chi connectivity index (χ3v) is 4.75. The molecule has 0 saturated heterocycles. The first-order valence-electron chi connectivity index (χ1n) is 6.44. The van der Waals surface area contributed by atoms with E-state index < -0.39 is 16.8 Å². The molecule has 1 aromatic rings. The highest BCUT2D eigenvalue weighted by Crippen LogP contribution is 2.30. The third-order valence-electron chi connectivity index (χ3n) is 3.31. The molecule has 0 aliphatic heterocycles. The van der Waals surface area contributed by atoms with E-state index >= 15 is 0 Å². The molecule has 1 aromatic heterocycles. The lowest BCUT2D eigenvalue weighted by Crippen LogP contribution is -2.46. The average molecular weight is 285 g/mol. The second-order valence-electron chi connectivity index (χ2n) is 5.25. The van der Waals surface area contributed by atoms with Gasteiger partial charge in [0, 0.05) is 22.7 Å². The monoisotopic (exact) mass is 285 g/mol. The molecule has 1 heterocycles. The number of nitrogens with zero attached hydrogens (tertiary/aromatic N) is 2. The number of aromatic nitrogens is 2. The van der Waals surface area contributed by atoms with E-state index in [1.54, 1.807) is 0 Å². The largest absolute Gasteiger partial charge is 0.480 e. The standard InChI is InChI=1S/C13H23N3O2S/c1-5-9(2)16-7-6-10(15-16)8-19-13(3,4)11(14)12(17)18/h6-7,9,11H,5,8,14H2,1-4H3,(H,17,18)/t9?,11-/m1/s1. The van der Waals surface area contributed by atoms with Crippen LogP contribution in [0.15, 0.2) is 12.3 Å². The molecule has 0 spiro atoms. The molecule has 2 atom stereocenters. The molecule has 0 radical (unpaired) electrons. The van der Waals surface area contributed by atoms with Gasteiger partial charge in [0.2, 0.25) is 0 Å². The molecular weight excluding hydrogens is 262 g/mol. The number of thioether (sulfide) groups is 1. The number of hydrogen-bond acceptors (Lipinski definition) is 4. The Bertz CT molecular complexity index is 431. The van der Waals surface area contributed by atoms with E-state index in [0.717, 1.165) is 12.1 Å². The molecule has 0 saturated carbocycles. The van der Waals surface area contributed by atoms with E-state index in [0.29, 0.717) is 11.8 Å². The van der Waals surface area contributed by atoms with Crippen LogP contribution in [-0.4, -0.2) is 31.6 Å². The molecule has 3 N–H and O–H groups in total. The van der Waals surface area contributed by atoms with Crippen molar-refractivity contribution in [2.75, 3.05) is 0 Å². The van der Waals surface area contributed by atoms with Crippen molar-refractivity contribution in [1.29, 1.82) is 0 Å². The zero-order valence-corrected chi connectivity index (χ0v) is 12.8. The lowest BCUT2D eigenvalue weighted by atomic mass is 10.1. The molecule has 1 unspecified atom stereocenters. The summed E-state index contributed by atoms with van der Waals surface area (Å²) in [6.07, 6.45) is 3.00. The second kappa shape index (κ2) is 6.43. The maximum absolute atomic E-state index is 10.9. The molecule has 0 aliphatic carbocycles. The fourth-order valence-electron chi connectivity index (χ4n) is 1.53. The maximum atomic E-state index is 10.9. The van der Waals surface area contributed by atoms with Gasteiger partial charge in [0.1, 0.15) is 6.04 Å². The van der Waals surface area contributed by atoms with Gasteiger partial charge in [-0.2, -0.15) is 5.10 Å². The summed E-state index contributed by atoms with van der Waals surface area (Å²) in [5.74, 6) is -0.306. The normalized spacial score (nSPS) is 15.2. The molecule has 0 amide bonds. The zero-order valence-electron chi connectivity index (χ0n) is 12.0. The SMILES string of the molecule is CCC(C)n1ccc(CSC(C)(C)[C@H](N)C(=O)O)n1. The van der Waals surface area contributed by atoms with E-state index in [4.69, 9.17) is 10.8 Å². The van der Waals surface area contributed by atoms with Crippen LogP contribution in [0.5, 0.6) is 0 Å². The number of rotatable bonds is 7. The van der Waals surface area contributed by atoms with E-state index in [1.165, 1.54) is 11.8 Å². The summed E-state index contributed by atoms with van der Waals surface area (Å²) >= 11 is 1.52. The molecule has 108 valence electrons. The lowest BCUT2D eigenvalue weighted by Gasteiger charge is -2.27. The molecule has 0 fully saturated rings. The summed E-state index contributed by atoms with van der Waals surface area (Å²) in [5, 5.41) is 13.5. The Labute approximate surface area is 118 Å². The number of hydrogen-bond donors (Lipinski definition) is 2. The first-order chi connectivity index (χ1) is 8.77. The van der Waals surface area contributed by atoms with Crippen LogP contribution >= 0.6 is 11.8 Å². The van der Waals surface area contributed by atoms with Crippen molar-refractivity contribution >= 4 is 17.7 Å². The van der Waals surface area contributed by atoms with Gasteiger partial charge in [-0.1, -0.05) is 6.92 Å².